The number of carbonyl (C=O) groups is 2. The standard InChI is InChI=1S/C29H32F7N3O3/c1-16-11-21(30)5-6-22(16)24-15-27(8-7-23(37-27)25(40)42-4)9-10-39(24)26(41)38(3)17(2)18-12-19(28(31,32)33)14-20(13-18)29(34,35)36/h5-6,11-14,17,23-24,37H,7-10,15H2,1-4H3/t17-,23+,24+,27-/m0/s1. The van der Waals surface area contributed by atoms with Crippen LogP contribution in [0.1, 0.15) is 72.5 Å². The number of nitrogens with one attached hydrogen (secondary N) is 1. The molecule has 230 valence electrons. The van der Waals surface area contributed by atoms with Crippen LogP contribution in [0, 0.1) is 12.7 Å². The fourth-order valence-corrected chi connectivity index (χ4v) is 6.02. The molecule has 2 aliphatic rings. The molecule has 0 aromatic heterocycles. The van der Waals surface area contributed by atoms with Gasteiger partial charge in [-0.1, -0.05) is 6.07 Å². The first-order valence-corrected chi connectivity index (χ1v) is 13.4. The number of alkyl halides is 6. The third-order valence-electron chi connectivity index (χ3n) is 8.48. The van der Waals surface area contributed by atoms with Gasteiger partial charge in [0.25, 0.3) is 0 Å². The molecule has 42 heavy (non-hydrogen) atoms. The van der Waals surface area contributed by atoms with Crippen LogP contribution in [0.25, 0.3) is 0 Å². The van der Waals surface area contributed by atoms with Gasteiger partial charge in [-0.15, -0.1) is 0 Å². The summed E-state index contributed by atoms with van der Waals surface area (Å²) in [5.74, 6) is -0.882. The topological polar surface area (TPSA) is 61.9 Å². The first-order chi connectivity index (χ1) is 19.5. The van der Waals surface area contributed by atoms with Crippen molar-refractivity contribution in [2.24, 2.45) is 0 Å². The molecule has 1 N–H and O–H groups in total. The molecule has 0 saturated carbocycles. The molecule has 2 saturated heterocycles. The number of aryl methyl sites for hydroxylation is 1. The van der Waals surface area contributed by atoms with Crippen LogP contribution in [-0.2, 0) is 21.9 Å². The number of hydrogen-bond acceptors (Lipinski definition) is 4. The fourth-order valence-electron chi connectivity index (χ4n) is 6.02. The van der Waals surface area contributed by atoms with Gasteiger partial charge in [-0.3, -0.25) is 10.1 Å². The van der Waals surface area contributed by atoms with Gasteiger partial charge < -0.3 is 14.5 Å². The van der Waals surface area contributed by atoms with E-state index in [2.05, 4.69) is 5.32 Å². The van der Waals surface area contributed by atoms with Crippen LogP contribution < -0.4 is 5.32 Å². The minimum absolute atomic E-state index is 0.0473. The molecule has 2 aromatic rings. The van der Waals surface area contributed by atoms with Gasteiger partial charge >= 0.3 is 24.4 Å². The number of halogens is 7. The maximum atomic E-state index is 14.0. The minimum Gasteiger partial charge on any atom is -0.468 e. The van der Waals surface area contributed by atoms with Crippen molar-refractivity contribution in [3.05, 3.63) is 70.0 Å². The van der Waals surface area contributed by atoms with Gasteiger partial charge in [0.1, 0.15) is 11.9 Å². The van der Waals surface area contributed by atoms with Gasteiger partial charge in [-0.25, -0.2) is 9.18 Å². The lowest BCUT2D eigenvalue weighted by molar-refractivity contribution is -0.144. The van der Waals surface area contributed by atoms with Crippen molar-refractivity contribution in [2.45, 2.75) is 75.5 Å². The number of rotatable bonds is 4. The molecular weight excluding hydrogens is 571 g/mol. The number of benzene rings is 2. The largest absolute Gasteiger partial charge is 0.468 e. The number of urea groups is 1. The van der Waals surface area contributed by atoms with E-state index in [1.807, 2.05) is 0 Å². The molecule has 4 rings (SSSR count). The van der Waals surface area contributed by atoms with Crippen molar-refractivity contribution < 1.29 is 45.1 Å². The first-order valence-electron chi connectivity index (χ1n) is 13.4. The van der Waals surface area contributed by atoms with Crippen LogP contribution >= 0.6 is 0 Å². The summed E-state index contributed by atoms with van der Waals surface area (Å²) in [5.41, 5.74) is -2.57. The normalized spacial score (nSPS) is 23.6. The molecule has 2 aromatic carbocycles. The van der Waals surface area contributed by atoms with Crippen LogP contribution in [-0.4, -0.2) is 54.1 Å². The summed E-state index contributed by atoms with van der Waals surface area (Å²) in [5, 5.41) is 3.35. The van der Waals surface area contributed by atoms with Crippen LogP contribution in [0.3, 0.4) is 0 Å². The average molecular weight is 604 g/mol. The van der Waals surface area contributed by atoms with Gasteiger partial charge in [0, 0.05) is 19.1 Å². The predicted molar refractivity (Wildman–Crippen MR) is 139 cm³/mol. The second-order valence-corrected chi connectivity index (χ2v) is 11.1. The van der Waals surface area contributed by atoms with Crippen molar-refractivity contribution in [1.82, 2.24) is 15.1 Å². The Morgan fingerprint density at radius 3 is 2.21 bits per heavy atom. The van der Waals surface area contributed by atoms with E-state index in [1.165, 1.54) is 38.1 Å². The number of piperidine rings is 1. The second kappa shape index (κ2) is 11.4. The predicted octanol–water partition coefficient (Wildman–Crippen LogP) is 6.79. The van der Waals surface area contributed by atoms with E-state index in [9.17, 15) is 40.3 Å². The lowest BCUT2D eigenvalue weighted by atomic mass is 9.79. The Morgan fingerprint density at radius 2 is 1.67 bits per heavy atom. The Hall–Kier alpha value is -3.35. The number of hydrogen-bond donors (Lipinski definition) is 1. The average Bonchev–Trinajstić information content (AvgIpc) is 3.33. The first kappa shape index (κ1) is 31.6. The van der Waals surface area contributed by atoms with Crippen molar-refractivity contribution in [2.75, 3.05) is 20.7 Å². The zero-order chi connectivity index (χ0) is 31.2. The van der Waals surface area contributed by atoms with E-state index < -0.39 is 65.0 Å². The highest BCUT2D eigenvalue weighted by molar-refractivity contribution is 5.77. The number of likely N-dealkylation sites (tertiary alicyclic amines) is 1. The van der Waals surface area contributed by atoms with E-state index in [-0.39, 0.29) is 18.2 Å². The zero-order valence-corrected chi connectivity index (χ0v) is 23.5. The Bertz CT molecular complexity index is 1310. The molecule has 2 aliphatic heterocycles. The van der Waals surface area contributed by atoms with Crippen LogP contribution in [0.2, 0.25) is 0 Å². The smallest absolute Gasteiger partial charge is 0.416 e. The molecular formula is C29H32F7N3O3. The Morgan fingerprint density at radius 1 is 1.05 bits per heavy atom. The number of ether oxygens (including phenoxy) is 1. The molecule has 4 atom stereocenters. The van der Waals surface area contributed by atoms with Crippen molar-refractivity contribution in [3.8, 4) is 0 Å². The summed E-state index contributed by atoms with van der Waals surface area (Å²) < 4.78 is 99.8. The fraction of sp³-hybridized carbons (Fsp3) is 0.517. The van der Waals surface area contributed by atoms with E-state index in [0.717, 1.165) is 4.90 Å². The number of nitrogens with zero attached hydrogens (tertiary/aromatic N) is 2. The quantitative estimate of drug-likeness (QED) is 0.309. The maximum Gasteiger partial charge on any atom is 0.416 e. The van der Waals surface area contributed by atoms with Gasteiger partial charge in [0.2, 0.25) is 0 Å². The summed E-state index contributed by atoms with van der Waals surface area (Å²) in [6, 6.07) is 2.53. The summed E-state index contributed by atoms with van der Waals surface area (Å²) >= 11 is 0. The van der Waals surface area contributed by atoms with Gasteiger partial charge in [-0.05, 0) is 86.6 Å². The summed E-state index contributed by atoms with van der Waals surface area (Å²) in [6.07, 6.45) is -8.14. The molecule has 0 radical (unpaired) electrons. The summed E-state index contributed by atoms with van der Waals surface area (Å²) in [6.45, 7) is 3.22. The molecule has 6 nitrogen and oxygen atoms in total. The number of amides is 2. The lowest BCUT2D eigenvalue weighted by Crippen LogP contribution is -2.56. The highest BCUT2D eigenvalue weighted by Crippen LogP contribution is 2.44. The molecule has 2 fully saturated rings. The summed E-state index contributed by atoms with van der Waals surface area (Å²) in [7, 11) is 2.61. The summed E-state index contributed by atoms with van der Waals surface area (Å²) in [4.78, 5) is 28.7. The van der Waals surface area contributed by atoms with Gasteiger partial charge in [0.15, 0.2) is 0 Å². The molecule has 13 heteroatoms. The third kappa shape index (κ3) is 6.35. The lowest BCUT2D eigenvalue weighted by Gasteiger charge is -2.47. The molecule has 0 bridgehead atoms. The van der Waals surface area contributed by atoms with Crippen LogP contribution in [0.4, 0.5) is 35.5 Å². The van der Waals surface area contributed by atoms with Crippen molar-refractivity contribution in [1.29, 1.82) is 0 Å². The Labute approximate surface area is 238 Å². The number of carbonyl (C=O) groups excluding carboxylic acids is 2. The Balaban J connectivity index is 1.67. The Kier molecular flexibility index (Phi) is 8.56. The van der Waals surface area contributed by atoms with E-state index in [1.54, 1.807) is 13.0 Å². The van der Waals surface area contributed by atoms with Crippen molar-refractivity contribution in [3.63, 3.8) is 0 Å². The van der Waals surface area contributed by atoms with Crippen molar-refractivity contribution >= 4 is 12.0 Å². The van der Waals surface area contributed by atoms with E-state index in [0.29, 0.717) is 48.9 Å². The monoisotopic (exact) mass is 603 g/mol. The highest BCUT2D eigenvalue weighted by Gasteiger charge is 2.48. The van der Waals surface area contributed by atoms with E-state index in [4.69, 9.17) is 4.74 Å². The van der Waals surface area contributed by atoms with E-state index >= 15 is 0 Å². The molecule has 0 unspecified atom stereocenters. The molecule has 2 heterocycles. The minimum atomic E-state index is -5.03. The maximum absolute atomic E-state index is 14.0. The molecule has 1 spiro atoms. The zero-order valence-electron chi connectivity index (χ0n) is 23.5. The van der Waals surface area contributed by atoms with Gasteiger partial charge in [0.05, 0.1) is 30.3 Å². The number of esters is 1. The third-order valence-corrected chi connectivity index (χ3v) is 8.48. The highest BCUT2D eigenvalue weighted by atomic mass is 19.4. The SMILES string of the molecule is COC(=O)[C@H]1CC[C@@]2(CCN(C(=O)N(C)[C@@H](C)c3cc(C(F)(F)F)cc(C(F)(F)F)c3)[C@@H](c3ccc(F)cc3C)C2)N1. The van der Waals surface area contributed by atoms with Crippen LogP contribution in [0.5, 0.6) is 0 Å². The molecule has 2 amide bonds. The van der Waals surface area contributed by atoms with Gasteiger partial charge in [-0.2, -0.15) is 26.3 Å². The van der Waals surface area contributed by atoms with Crippen LogP contribution in [0.15, 0.2) is 36.4 Å². The second-order valence-electron chi connectivity index (χ2n) is 11.1. The molecule has 0 aliphatic carbocycles. The number of methoxy groups -OCH3 is 1.